The first kappa shape index (κ1) is 15.9. The highest BCUT2D eigenvalue weighted by Crippen LogP contribution is 2.21. The maximum absolute atomic E-state index is 11.6. The summed E-state index contributed by atoms with van der Waals surface area (Å²) in [5, 5.41) is 12.7. The van der Waals surface area contributed by atoms with Crippen LogP contribution in [-0.2, 0) is 11.3 Å². The Hall–Kier alpha value is -2.50. The Morgan fingerprint density at radius 3 is 2.55 bits per heavy atom. The molecule has 0 spiro atoms. The van der Waals surface area contributed by atoms with Crippen LogP contribution in [0.5, 0.6) is 0 Å². The molecule has 6 heteroatoms. The smallest absolute Gasteiger partial charge is 0.407 e. The minimum Gasteiger partial charge on any atom is -0.478 e. The van der Waals surface area contributed by atoms with Crippen molar-refractivity contribution in [2.75, 3.05) is 0 Å². The molecule has 1 heterocycles. The SMILES string of the molecule is Cc1cc2cc(CNC(=O)OC(C)(C)C)[nH]c2cc1C(=O)O. The second-order valence-electron chi connectivity index (χ2n) is 6.21. The number of aryl methyl sites for hydroxylation is 1. The van der Waals surface area contributed by atoms with Crippen molar-refractivity contribution in [1.29, 1.82) is 0 Å². The van der Waals surface area contributed by atoms with E-state index in [0.717, 1.165) is 16.6 Å². The molecule has 2 rings (SSSR count). The van der Waals surface area contributed by atoms with E-state index in [1.54, 1.807) is 33.8 Å². The van der Waals surface area contributed by atoms with Crippen LogP contribution in [0.25, 0.3) is 10.9 Å². The van der Waals surface area contributed by atoms with Crippen LogP contribution < -0.4 is 5.32 Å². The summed E-state index contributed by atoms with van der Waals surface area (Å²) in [5.41, 5.74) is 1.93. The molecule has 0 saturated heterocycles. The fraction of sp³-hybridized carbons (Fsp3) is 0.375. The molecule has 0 radical (unpaired) electrons. The number of amides is 1. The quantitative estimate of drug-likeness (QED) is 0.812. The van der Waals surface area contributed by atoms with Gasteiger partial charge in [-0.1, -0.05) is 0 Å². The lowest BCUT2D eigenvalue weighted by molar-refractivity contribution is 0.0522. The van der Waals surface area contributed by atoms with Gasteiger partial charge in [0, 0.05) is 16.6 Å². The Labute approximate surface area is 128 Å². The number of aromatic amines is 1. The number of alkyl carbamates (subject to hydrolysis) is 1. The van der Waals surface area contributed by atoms with Gasteiger partial charge in [-0.15, -0.1) is 0 Å². The summed E-state index contributed by atoms with van der Waals surface area (Å²) in [6.45, 7) is 7.43. The highest BCUT2D eigenvalue weighted by atomic mass is 16.6. The first-order valence-corrected chi connectivity index (χ1v) is 6.98. The third-order valence-electron chi connectivity index (χ3n) is 3.07. The third-order valence-corrected chi connectivity index (χ3v) is 3.07. The van der Waals surface area contributed by atoms with Crippen molar-refractivity contribution in [3.05, 3.63) is 35.0 Å². The Kier molecular flexibility index (Phi) is 4.12. The minimum absolute atomic E-state index is 0.265. The summed E-state index contributed by atoms with van der Waals surface area (Å²) in [6.07, 6.45) is -0.492. The molecule has 0 aliphatic heterocycles. The number of aromatic nitrogens is 1. The number of fused-ring (bicyclic) bond motifs is 1. The van der Waals surface area contributed by atoms with E-state index in [-0.39, 0.29) is 12.1 Å². The van der Waals surface area contributed by atoms with Crippen molar-refractivity contribution in [1.82, 2.24) is 10.3 Å². The lowest BCUT2D eigenvalue weighted by Gasteiger charge is -2.19. The largest absolute Gasteiger partial charge is 0.478 e. The van der Waals surface area contributed by atoms with Gasteiger partial charge in [0.15, 0.2) is 0 Å². The van der Waals surface area contributed by atoms with Gasteiger partial charge in [0.25, 0.3) is 0 Å². The summed E-state index contributed by atoms with van der Waals surface area (Å²) in [5.74, 6) is -0.956. The van der Waals surface area contributed by atoms with Crippen LogP contribution in [0.1, 0.15) is 42.4 Å². The van der Waals surface area contributed by atoms with Gasteiger partial charge in [0.1, 0.15) is 5.60 Å². The highest BCUT2D eigenvalue weighted by molar-refractivity contribution is 5.95. The van der Waals surface area contributed by atoms with Gasteiger partial charge in [-0.05, 0) is 51.5 Å². The van der Waals surface area contributed by atoms with Gasteiger partial charge in [0.2, 0.25) is 0 Å². The lowest BCUT2D eigenvalue weighted by Crippen LogP contribution is -2.32. The molecule has 1 amide bonds. The molecule has 0 saturated carbocycles. The third kappa shape index (κ3) is 3.78. The van der Waals surface area contributed by atoms with Gasteiger partial charge in [-0.2, -0.15) is 0 Å². The number of carboxylic acids is 1. The molecule has 0 unspecified atom stereocenters. The average Bonchev–Trinajstić information content (AvgIpc) is 2.74. The monoisotopic (exact) mass is 304 g/mol. The van der Waals surface area contributed by atoms with Crippen LogP contribution in [0.2, 0.25) is 0 Å². The van der Waals surface area contributed by atoms with Crippen molar-refractivity contribution in [2.24, 2.45) is 0 Å². The number of hydrogen-bond donors (Lipinski definition) is 3. The molecule has 0 bridgehead atoms. The van der Waals surface area contributed by atoms with Crippen LogP contribution in [0, 0.1) is 6.92 Å². The predicted octanol–water partition coefficient (Wildman–Crippen LogP) is 3.20. The number of rotatable bonds is 3. The number of hydrogen-bond acceptors (Lipinski definition) is 3. The summed E-state index contributed by atoms with van der Waals surface area (Å²) in [4.78, 5) is 25.9. The van der Waals surface area contributed by atoms with Gasteiger partial charge in [-0.25, -0.2) is 9.59 Å². The zero-order valence-corrected chi connectivity index (χ0v) is 13.1. The Morgan fingerprint density at radius 2 is 1.95 bits per heavy atom. The van der Waals surface area contributed by atoms with Crippen molar-refractivity contribution in [3.63, 3.8) is 0 Å². The molecule has 1 aromatic carbocycles. The first-order chi connectivity index (χ1) is 10.2. The number of aromatic carboxylic acids is 1. The molecule has 0 atom stereocenters. The maximum atomic E-state index is 11.6. The van der Waals surface area contributed by atoms with E-state index in [1.807, 2.05) is 12.1 Å². The van der Waals surface area contributed by atoms with E-state index in [0.29, 0.717) is 5.56 Å². The normalized spacial score (nSPS) is 11.5. The van der Waals surface area contributed by atoms with Crippen LogP contribution in [0.15, 0.2) is 18.2 Å². The zero-order chi connectivity index (χ0) is 16.5. The van der Waals surface area contributed by atoms with Gasteiger partial charge in [0.05, 0.1) is 12.1 Å². The van der Waals surface area contributed by atoms with Gasteiger partial charge >= 0.3 is 12.1 Å². The van der Waals surface area contributed by atoms with Crippen molar-refractivity contribution in [3.8, 4) is 0 Å². The molecule has 1 aromatic heterocycles. The second kappa shape index (κ2) is 5.71. The number of carboxylic acid groups (broad SMARTS) is 1. The summed E-state index contributed by atoms with van der Waals surface area (Å²) < 4.78 is 5.16. The van der Waals surface area contributed by atoms with E-state index >= 15 is 0 Å². The van der Waals surface area contributed by atoms with Crippen LogP contribution in [-0.4, -0.2) is 27.8 Å². The van der Waals surface area contributed by atoms with Crippen molar-refractivity contribution in [2.45, 2.75) is 39.8 Å². The molecule has 0 aliphatic rings. The fourth-order valence-corrected chi connectivity index (χ4v) is 2.16. The predicted molar refractivity (Wildman–Crippen MR) is 83.1 cm³/mol. The summed E-state index contributed by atoms with van der Waals surface area (Å²) in [6, 6.07) is 5.29. The van der Waals surface area contributed by atoms with E-state index in [2.05, 4.69) is 10.3 Å². The molecule has 6 nitrogen and oxygen atoms in total. The van der Waals surface area contributed by atoms with E-state index in [4.69, 9.17) is 9.84 Å². The van der Waals surface area contributed by atoms with Crippen LogP contribution in [0.4, 0.5) is 4.79 Å². The van der Waals surface area contributed by atoms with E-state index in [9.17, 15) is 9.59 Å². The average molecular weight is 304 g/mol. The standard InChI is InChI=1S/C16H20N2O4/c1-9-5-10-6-11(8-17-15(21)22-16(2,3)4)18-13(10)7-12(9)14(19)20/h5-7,18H,8H2,1-4H3,(H,17,21)(H,19,20). The number of carbonyl (C=O) groups is 2. The molecule has 22 heavy (non-hydrogen) atoms. The lowest BCUT2D eigenvalue weighted by atomic mass is 10.1. The molecule has 118 valence electrons. The van der Waals surface area contributed by atoms with E-state index < -0.39 is 17.7 Å². The number of benzene rings is 1. The highest BCUT2D eigenvalue weighted by Gasteiger charge is 2.16. The number of nitrogens with one attached hydrogen (secondary N) is 2. The molecule has 0 aliphatic carbocycles. The van der Waals surface area contributed by atoms with Gasteiger partial charge in [-0.3, -0.25) is 0 Å². The molecular formula is C16H20N2O4. The molecular weight excluding hydrogens is 284 g/mol. The zero-order valence-electron chi connectivity index (χ0n) is 13.1. The Morgan fingerprint density at radius 1 is 1.27 bits per heavy atom. The summed E-state index contributed by atoms with van der Waals surface area (Å²) >= 11 is 0. The van der Waals surface area contributed by atoms with Crippen LogP contribution >= 0.6 is 0 Å². The Bertz CT molecular complexity index is 726. The molecule has 0 fully saturated rings. The summed E-state index contributed by atoms with van der Waals surface area (Å²) in [7, 11) is 0. The maximum Gasteiger partial charge on any atom is 0.407 e. The van der Waals surface area contributed by atoms with E-state index in [1.165, 1.54) is 0 Å². The number of ether oxygens (including phenoxy) is 1. The van der Waals surface area contributed by atoms with Crippen molar-refractivity contribution < 1.29 is 19.4 Å². The van der Waals surface area contributed by atoms with Gasteiger partial charge < -0.3 is 20.1 Å². The number of H-pyrrole nitrogens is 1. The van der Waals surface area contributed by atoms with Crippen molar-refractivity contribution >= 4 is 23.0 Å². The Balaban J connectivity index is 2.13. The fourth-order valence-electron chi connectivity index (χ4n) is 2.16. The first-order valence-electron chi connectivity index (χ1n) is 6.98. The minimum atomic E-state index is -0.956. The molecule has 3 N–H and O–H groups in total. The topological polar surface area (TPSA) is 91.4 Å². The number of carbonyl (C=O) groups excluding carboxylic acids is 1. The molecule has 2 aromatic rings. The second-order valence-corrected chi connectivity index (χ2v) is 6.21. The van der Waals surface area contributed by atoms with Crippen LogP contribution in [0.3, 0.4) is 0 Å².